The van der Waals surface area contributed by atoms with E-state index in [-0.39, 0.29) is 5.91 Å². The van der Waals surface area contributed by atoms with E-state index < -0.39 is 0 Å². The van der Waals surface area contributed by atoms with Crippen LogP contribution in [0.4, 0.5) is 5.00 Å². The van der Waals surface area contributed by atoms with Crippen molar-refractivity contribution in [1.82, 2.24) is 0 Å². The lowest BCUT2D eigenvalue weighted by atomic mass is 9.96. The molecule has 0 saturated carbocycles. The fourth-order valence-corrected chi connectivity index (χ4v) is 4.41. The number of rotatable bonds is 7. The third kappa shape index (κ3) is 4.78. The highest BCUT2D eigenvalue weighted by atomic mass is 32.1. The summed E-state index contributed by atoms with van der Waals surface area (Å²) in [6.07, 6.45) is 9.54. The molecule has 0 unspecified atom stereocenters. The second kappa shape index (κ2) is 9.38. The molecule has 3 rings (SSSR count). The molecule has 0 saturated heterocycles. The summed E-state index contributed by atoms with van der Waals surface area (Å²) in [5.74, 6) is 0.549. The average molecular weight is 381 g/mol. The normalized spacial score (nSPS) is 13.2. The number of nitriles is 1. The van der Waals surface area contributed by atoms with Gasteiger partial charge in [-0.3, -0.25) is 4.79 Å². The number of carbonyl (C=O) groups is 1. The number of amides is 1. The molecular formula is C22H24N2O2S. The maximum Gasteiger partial charge on any atom is 0.249 e. The van der Waals surface area contributed by atoms with Crippen LogP contribution in [0.1, 0.15) is 54.2 Å². The number of anilines is 1. The van der Waals surface area contributed by atoms with Gasteiger partial charge in [0, 0.05) is 16.5 Å². The van der Waals surface area contributed by atoms with E-state index in [0.29, 0.717) is 17.2 Å². The van der Waals surface area contributed by atoms with Gasteiger partial charge in [-0.2, -0.15) is 5.26 Å². The number of nitrogens with zero attached hydrogens (tertiary/aromatic N) is 1. The largest absolute Gasteiger partial charge is 0.493 e. The molecule has 140 valence electrons. The van der Waals surface area contributed by atoms with Crippen molar-refractivity contribution in [2.75, 3.05) is 11.9 Å². The van der Waals surface area contributed by atoms with Crippen LogP contribution < -0.4 is 10.1 Å². The van der Waals surface area contributed by atoms with Gasteiger partial charge in [0.25, 0.3) is 0 Å². The van der Waals surface area contributed by atoms with Crippen molar-refractivity contribution in [1.29, 1.82) is 5.26 Å². The highest BCUT2D eigenvalue weighted by Crippen LogP contribution is 2.37. The van der Waals surface area contributed by atoms with Crippen LogP contribution in [-0.2, 0) is 17.6 Å². The van der Waals surface area contributed by atoms with Crippen molar-refractivity contribution >= 4 is 28.3 Å². The number of hydrogen-bond donors (Lipinski definition) is 1. The molecule has 1 aromatic heterocycles. The zero-order valence-corrected chi connectivity index (χ0v) is 16.4. The van der Waals surface area contributed by atoms with Crippen LogP contribution in [0, 0.1) is 11.3 Å². The number of fused-ring (bicyclic) bond motifs is 1. The molecule has 27 heavy (non-hydrogen) atoms. The zero-order valence-electron chi connectivity index (χ0n) is 15.6. The SMILES string of the molecule is CCCCOc1ccccc1/C=C/C(=O)Nc1sc2c(c1C#N)CCCC2. The summed E-state index contributed by atoms with van der Waals surface area (Å²) in [6.45, 7) is 2.79. The van der Waals surface area contributed by atoms with Crippen molar-refractivity contribution in [3.63, 3.8) is 0 Å². The third-order valence-corrected chi connectivity index (χ3v) is 5.82. The van der Waals surface area contributed by atoms with Crippen LogP contribution in [0.5, 0.6) is 5.75 Å². The number of unbranched alkanes of at least 4 members (excludes halogenated alkanes) is 1. The molecule has 0 aliphatic heterocycles. The third-order valence-electron chi connectivity index (χ3n) is 4.61. The summed E-state index contributed by atoms with van der Waals surface area (Å²) in [6, 6.07) is 9.96. The molecule has 0 fully saturated rings. The topological polar surface area (TPSA) is 62.1 Å². The maximum absolute atomic E-state index is 12.4. The molecule has 1 N–H and O–H groups in total. The highest BCUT2D eigenvalue weighted by molar-refractivity contribution is 7.16. The van der Waals surface area contributed by atoms with Crippen LogP contribution in [0.3, 0.4) is 0 Å². The quantitative estimate of drug-likeness (QED) is 0.522. The number of carbonyl (C=O) groups excluding carboxylic acids is 1. The number of aryl methyl sites for hydroxylation is 1. The number of ether oxygens (including phenoxy) is 1. The minimum Gasteiger partial charge on any atom is -0.493 e. The molecule has 2 aromatic rings. The Morgan fingerprint density at radius 2 is 2.15 bits per heavy atom. The fourth-order valence-electron chi connectivity index (χ4n) is 3.17. The Kier molecular flexibility index (Phi) is 6.67. The van der Waals surface area contributed by atoms with Crippen LogP contribution in [0.15, 0.2) is 30.3 Å². The summed E-state index contributed by atoms with van der Waals surface area (Å²) >= 11 is 1.54. The molecule has 1 amide bonds. The standard InChI is InChI=1S/C22H24N2O2S/c1-2-3-14-26-19-10-6-4-8-16(19)12-13-21(25)24-22-18(15-23)17-9-5-7-11-20(17)27-22/h4,6,8,10,12-13H,2-3,5,7,9,11,14H2,1H3,(H,24,25)/b13-12+. The summed E-state index contributed by atoms with van der Waals surface area (Å²) in [7, 11) is 0. The summed E-state index contributed by atoms with van der Waals surface area (Å²) in [5, 5.41) is 13.1. The second-order valence-corrected chi connectivity index (χ2v) is 7.69. The number of benzene rings is 1. The lowest BCUT2D eigenvalue weighted by Gasteiger charge is -2.09. The maximum atomic E-state index is 12.4. The Balaban J connectivity index is 1.70. The van der Waals surface area contributed by atoms with E-state index in [9.17, 15) is 10.1 Å². The van der Waals surface area contributed by atoms with Gasteiger partial charge in [-0.05, 0) is 49.8 Å². The first kappa shape index (κ1) is 19.2. The number of nitrogens with one attached hydrogen (secondary N) is 1. The van der Waals surface area contributed by atoms with E-state index in [1.165, 1.54) is 11.0 Å². The van der Waals surface area contributed by atoms with Crippen molar-refractivity contribution in [3.8, 4) is 11.8 Å². The van der Waals surface area contributed by atoms with Gasteiger partial charge in [0.05, 0.1) is 12.2 Å². The van der Waals surface area contributed by atoms with Crippen molar-refractivity contribution < 1.29 is 9.53 Å². The van der Waals surface area contributed by atoms with Crippen molar-refractivity contribution in [2.45, 2.75) is 45.4 Å². The van der Waals surface area contributed by atoms with E-state index in [1.807, 2.05) is 24.3 Å². The molecule has 0 spiro atoms. The molecule has 1 aliphatic rings. The van der Waals surface area contributed by atoms with E-state index >= 15 is 0 Å². The molecule has 0 atom stereocenters. The minimum absolute atomic E-state index is 0.228. The van der Waals surface area contributed by atoms with Crippen LogP contribution in [0.2, 0.25) is 0 Å². The number of para-hydroxylation sites is 1. The first-order valence-corrected chi connectivity index (χ1v) is 10.3. The van der Waals surface area contributed by atoms with Crippen LogP contribution in [-0.4, -0.2) is 12.5 Å². The number of hydrogen-bond acceptors (Lipinski definition) is 4. The van der Waals surface area contributed by atoms with Gasteiger partial charge in [-0.15, -0.1) is 11.3 Å². The number of thiophene rings is 1. The smallest absolute Gasteiger partial charge is 0.249 e. The molecule has 5 heteroatoms. The zero-order chi connectivity index (χ0) is 19.1. The van der Waals surface area contributed by atoms with Gasteiger partial charge in [-0.1, -0.05) is 31.5 Å². The minimum atomic E-state index is -0.228. The summed E-state index contributed by atoms with van der Waals surface area (Å²) in [4.78, 5) is 13.6. The molecular weight excluding hydrogens is 356 g/mol. The second-order valence-electron chi connectivity index (χ2n) is 6.59. The van der Waals surface area contributed by atoms with E-state index in [0.717, 1.165) is 55.4 Å². The molecule has 1 aliphatic carbocycles. The average Bonchev–Trinajstić information content (AvgIpc) is 3.04. The fraction of sp³-hybridized carbons (Fsp3) is 0.364. The predicted octanol–water partition coefficient (Wildman–Crippen LogP) is 5.33. The Labute approximate surface area is 164 Å². The highest BCUT2D eigenvalue weighted by Gasteiger charge is 2.21. The molecule has 0 radical (unpaired) electrons. The van der Waals surface area contributed by atoms with Gasteiger partial charge >= 0.3 is 0 Å². The van der Waals surface area contributed by atoms with Crippen molar-refractivity contribution in [3.05, 3.63) is 51.9 Å². The van der Waals surface area contributed by atoms with Gasteiger partial charge in [0.2, 0.25) is 5.91 Å². The monoisotopic (exact) mass is 380 g/mol. The first-order valence-electron chi connectivity index (χ1n) is 9.48. The van der Waals surface area contributed by atoms with Gasteiger partial charge in [-0.25, -0.2) is 0 Å². The van der Waals surface area contributed by atoms with E-state index in [2.05, 4.69) is 18.3 Å². The first-order chi connectivity index (χ1) is 13.2. The van der Waals surface area contributed by atoms with E-state index in [1.54, 1.807) is 17.4 Å². The molecule has 1 heterocycles. The van der Waals surface area contributed by atoms with Gasteiger partial charge in [0.15, 0.2) is 0 Å². The molecule has 4 nitrogen and oxygen atoms in total. The molecule has 1 aromatic carbocycles. The van der Waals surface area contributed by atoms with E-state index in [4.69, 9.17) is 4.74 Å². The summed E-state index contributed by atoms with van der Waals surface area (Å²) < 4.78 is 5.80. The summed E-state index contributed by atoms with van der Waals surface area (Å²) in [5.41, 5.74) is 2.64. The lowest BCUT2D eigenvalue weighted by molar-refractivity contribution is -0.111. The Morgan fingerprint density at radius 3 is 2.96 bits per heavy atom. The lowest BCUT2D eigenvalue weighted by Crippen LogP contribution is -2.08. The van der Waals surface area contributed by atoms with Crippen molar-refractivity contribution in [2.24, 2.45) is 0 Å². The Hall–Kier alpha value is -2.58. The molecule has 0 bridgehead atoms. The van der Waals surface area contributed by atoms with Crippen LogP contribution in [0.25, 0.3) is 6.08 Å². The Bertz CT molecular complexity index is 877. The Morgan fingerprint density at radius 1 is 1.33 bits per heavy atom. The predicted molar refractivity (Wildman–Crippen MR) is 110 cm³/mol. The van der Waals surface area contributed by atoms with Crippen LogP contribution >= 0.6 is 11.3 Å². The van der Waals surface area contributed by atoms with Gasteiger partial charge < -0.3 is 10.1 Å². The van der Waals surface area contributed by atoms with Gasteiger partial charge in [0.1, 0.15) is 16.8 Å².